The number of hydrogen-bond donors (Lipinski definition) is 2. The summed E-state index contributed by atoms with van der Waals surface area (Å²) < 4.78 is 33.6. The molecule has 1 aromatic carbocycles. The Kier molecular flexibility index (Phi) is 6.09. The number of hydrogen-bond acceptors (Lipinski definition) is 3. The Morgan fingerprint density at radius 3 is 2.85 bits per heavy atom. The molecule has 2 saturated heterocycles. The first-order chi connectivity index (χ1) is 12.5. The fourth-order valence-electron chi connectivity index (χ4n) is 3.61. The number of halogens is 3. The van der Waals surface area contributed by atoms with E-state index in [9.17, 15) is 18.4 Å². The Bertz CT molecular complexity index is 695. The summed E-state index contributed by atoms with van der Waals surface area (Å²) in [6.07, 6.45) is 2.43. The normalized spacial score (nSPS) is 24.0. The van der Waals surface area contributed by atoms with E-state index in [1.165, 1.54) is 6.07 Å². The predicted molar refractivity (Wildman–Crippen MR) is 92.2 cm³/mol. The van der Waals surface area contributed by atoms with Gasteiger partial charge in [0.15, 0.2) is 5.78 Å². The molecule has 2 amide bonds. The Labute approximate surface area is 155 Å². The molecule has 0 aromatic heterocycles. The van der Waals surface area contributed by atoms with Crippen LogP contribution in [0, 0.1) is 17.6 Å². The largest absolute Gasteiger partial charge is 0.381 e. The maximum absolute atomic E-state index is 14.6. The van der Waals surface area contributed by atoms with Gasteiger partial charge < -0.3 is 15.4 Å². The van der Waals surface area contributed by atoms with Crippen molar-refractivity contribution in [3.63, 3.8) is 0 Å². The van der Waals surface area contributed by atoms with Crippen LogP contribution < -0.4 is 10.6 Å². The van der Waals surface area contributed by atoms with Gasteiger partial charge in [0.1, 0.15) is 22.7 Å². The van der Waals surface area contributed by atoms with Crippen LogP contribution in [0.4, 0.5) is 13.6 Å². The summed E-state index contributed by atoms with van der Waals surface area (Å²) in [6.45, 7) is 1.48. The second-order valence-electron chi connectivity index (χ2n) is 6.86. The van der Waals surface area contributed by atoms with Crippen LogP contribution in [0.1, 0.15) is 37.2 Å². The van der Waals surface area contributed by atoms with Crippen molar-refractivity contribution in [2.45, 2.75) is 37.6 Å². The molecule has 26 heavy (non-hydrogen) atoms. The zero-order chi connectivity index (χ0) is 18.7. The maximum atomic E-state index is 14.6. The Hall–Kier alpha value is -1.73. The molecule has 2 heterocycles. The first-order valence-corrected chi connectivity index (χ1v) is 9.11. The van der Waals surface area contributed by atoms with Gasteiger partial charge >= 0.3 is 6.03 Å². The van der Waals surface area contributed by atoms with Crippen LogP contribution in [0.3, 0.4) is 0 Å². The standard InChI is InChI=1S/C18H21ClF2N2O3/c19-16-13(20)4-3-12(17(16)21)11(6-10-2-1-5-26-9-10)7-15(24)14-8-22-18(25)23-14/h3-4,10-11,14H,1-2,5-9H2,(H2,22,23,25)/t10?,11?,14-/m0/s1. The lowest BCUT2D eigenvalue weighted by molar-refractivity contribution is -0.120. The van der Waals surface area contributed by atoms with Crippen LogP contribution in [0.15, 0.2) is 12.1 Å². The smallest absolute Gasteiger partial charge is 0.315 e. The number of urea groups is 1. The van der Waals surface area contributed by atoms with Crippen molar-refractivity contribution in [1.29, 1.82) is 0 Å². The molecule has 2 N–H and O–H groups in total. The van der Waals surface area contributed by atoms with Crippen molar-refractivity contribution in [2.24, 2.45) is 5.92 Å². The van der Waals surface area contributed by atoms with Gasteiger partial charge in [-0.05, 0) is 42.7 Å². The van der Waals surface area contributed by atoms with Gasteiger partial charge in [0, 0.05) is 26.2 Å². The molecule has 0 aliphatic carbocycles. The molecular weight excluding hydrogens is 366 g/mol. The van der Waals surface area contributed by atoms with Gasteiger partial charge in [0.2, 0.25) is 0 Å². The van der Waals surface area contributed by atoms with Gasteiger partial charge in [0.05, 0.1) is 0 Å². The summed E-state index contributed by atoms with van der Waals surface area (Å²) in [6, 6.07) is 1.45. The molecule has 3 atom stereocenters. The Balaban J connectivity index is 1.80. The zero-order valence-electron chi connectivity index (χ0n) is 14.2. The van der Waals surface area contributed by atoms with E-state index >= 15 is 0 Å². The van der Waals surface area contributed by atoms with E-state index in [1.54, 1.807) is 0 Å². The van der Waals surface area contributed by atoms with Gasteiger partial charge in [-0.15, -0.1) is 0 Å². The summed E-state index contributed by atoms with van der Waals surface area (Å²) in [5, 5.41) is 4.52. The topological polar surface area (TPSA) is 67.4 Å². The number of carbonyl (C=O) groups is 2. The van der Waals surface area contributed by atoms with Crippen molar-refractivity contribution in [2.75, 3.05) is 19.8 Å². The average Bonchev–Trinajstić information content (AvgIpc) is 3.07. The minimum absolute atomic E-state index is 0.0437. The third kappa shape index (κ3) is 4.32. The highest BCUT2D eigenvalue weighted by molar-refractivity contribution is 6.31. The third-order valence-electron chi connectivity index (χ3n) is 4.99. The molecule has 2 aliphatic heterocycles. The molecule has 5 nitrogen and oxygen atoms in total. The molecule has 1 aromatic rings. The summed E-state index contributed by atoms with van der Waals surface area (Å²) in [5.74, 6) is -2.10. The molecule has 142 valence electrons. The number of benzene rings is 1. The minimum Gasteiger partial charge on any atom is -0.381 e. The van der Waals surface area contributed by atoms with Crippen molar-refractivity contribution in [1.82, 2.24) is 10.6 Å². The van der Waals surface area contributed by atoms with Crippen LogP contribution in [0.25, 0.3) is 0 Å². The van der Waals surface area contributed by atoms with Crippen LogP contribution in [0.2, 0.25) is 5.02 Å². The third-order valence-corrected chi connectivity index (χ3v) is 5.33. The Morgan fingerprint density at radius 1 is 1.38 bits per heavy atom. The van der Waals surface area contributed by atoms with Crippen molar-refractivity contribution < 1.29 is 23.1 Å². The molecule has 2 fully saturated rings. The van der Waals surface area contributed by atoms with E-state index in [2.05, 4.69) is 10.6 Å². The van der Waals surface area contributed by atoms with E-state index < -0.39 is 34.6 Å². The summed E-state index contributed by atoms with van der Waals surface area (Å²) in [4.78, 5) is 23.8. The van der Waals surface area contributed by atoms with Gasteiger partial charge in [-0.1, -0.05) is 17.7 Å². The lowest BCUT2D eigenvalue weighted by Gasteiger charge is -2.27. The highest BCUT2D eigenvalue weighted by Gasteiger charge is 2.32. The number of rotatable bonds is 6. The van der Waals surface area contributed by atoms with Crippen molar-refractivity contribution in [3.8, 4) is 0 Å². The van der Waals surface area contributed by atoms with Gasteiger partial charge in [-0.2, -0.15) is 0 Å². The molecular formula is C18H21ClF2N2O3. The second-order valence-corrected chi connectivity index (χ2v) is 7.24. The van der Waals surface area contributed by atoms with E-state index in [0.717, 1.165) is 18.9 Å². The minimum atomic E-state index is -0.828. The Morgan fingerprint density at radius 2 is 2.19 bits per heavy atom. The molecule has 2 aliphatic rings. The van der Waals surface area contributed by atoms with Crippen molar-refractivity contribution in [3.05, 3.63) is 34.4 Å². The first kappa shape index (κ1) is 19.0. The summed E-state index contributed by atoms with van der Waals surface area (Å²) in [7, 11) is 0. The van der Waals surface area contributed by atoms with E-state index in [-0.39, 0.29) is 30.2 Å². The first-order valence-electron chi connectivity index (χ1n) is 8.74. The zero-order valence-corrected chi connectivity index (χ0v) is 15.0. The number of ketones is 1. The summed E-state index contributed by atoms with van der Waals surface area (Å²) >= 11 is 5.73. The fraction of sp³-hybridized carbons (Fsp3) is 0.556. The maximum Gasteiger partial charge on any atom is 0.315 e. The number of ether oxygens (including phenoxy) is 1. The highest BCUT2D eigenvalue weighted by atomic mass is 35.5. The van der Waals surface area contributed by atoms with Crippen LogP contribution in [0.5, 0.6) is 0 Å². The second kappa shape index (κ2) is 8.31. The number of amides is 2. The predicted octanol–water partition coefficient (Wildman–Crippen LogP) is 3.16. The fourth-order valence-corrected chi connectivity index (χ4v) is 3.78. The number of nitrogens with one attached hydrogen (secondary N) is 2. The van der Waals surface area contributed by atoms with Crippen molar-refractivity contribution >= 4 is 23.4 Å². The van der Waals surface area contributed by atoms with E-state index in [1.807, 2.05) is 0 Å². The average molecular weight is 387 g/mol. The molecule has 0 bridgehead atoms. The molecule has 8 heteroatoms. The van der Waals surface area contributed by atoms with Gasteiger partial charge in [0.25, 0.3) is 0 Å². The van der Waals surface area contributed by atoms with E-state index in [0.29, 0.717) is 19.6 Å². The molecule has 3 rings (SSSR count). The number of Topliss-reactive ketones (excluding diaryl/α,β-unsaturated/α-hetero) is 1. The van der Waals surface area contributed by atoms with Gasteiger partial charge in [-0.25, -0.2) is 13.6 Å². The SMILES string of the molecule is O=C1NC[C@@H](C(=O)CC(CC2CCCOC2)c2ccc(F)c(Cl)c2F)N1. The van der Waals surface area contributed by atoms with Gasteiger partial charge in [-0.3, -0.25) is 4.79 Å². The molecule has 0 spiro atoms. The molecule has 0 saturated carbocycles. The quantitative estimate of drug-likeness (QED) is 0.738. The lowest BCUT2D eigenvalue weighted by Crippen LogP contribution is -2.35. The molecule has 0 radical (unpaired) electrons. The van der Waals surface area contributed by atoms with Crippen LogP contribution >= 0.6 is 11.6 Å². The van der Waals surface area contributed by atoms with E-state index in [4.69, 9.17) is 16.3 Å². The monoisotopic (exact) mass is 386 g/mol. The van der Waals surface area contributed by atoms with Crippen LogP contribution in [-0.4, -0.2) is 37.6 Å². The lowest BCUT2D eigenvalue weighted by atomic mass is 9.82. The number of carbonyl (C=O) groups excluding carboxylic acids is 2. The molecule has 2 unspecified atom stereocenters. The summed E-state index contributed by atoms with van der Waals surface area (Å²) in [5.41, 5.74) is 0.229. The highest BCUT2D eigenvalue weighted by Crippen LogP contribution is 2.35. The van der Waals surface area contributed by atoms with Crippen LogP contribution in [-0.2, 0) is 9.53 Å².